The number of hydrogen-bond acceptors (Lipinski definition) is 3. The first-order valence-corrected chi connectivity index (χ1v) is 9.39. The Morgan fingerprint density at radius 2 is 1.96 bits per heavy atom. The van der Waals surface area contributed by atoms with Crippen LogP contribution >= 0.6 is 22.9 Å². The highest BCUT2D eigenvalue weighted by Crippen LogP contribution is 2.35. The fraction of sp³-hybridized carbons (Fsp3) is 0.100. The number of halogens is 1. The van der Waals surface area contributed by atoms with Gasteiger partial charge < -0.3 is 9.88 Å². The number of imidazole rings is 1. The van der Waals surface area contributed by atoms with E-state index >= 15 is 0 Å². The quantitative estimate of drug-likeness (QED) is 0.526. The highest BCUT2D eigenvalue weighted by molar-refractivity contribution is 7.21. The topological polar surface area (TPSA) is 46.9 Å². The zero-order chi connectivity index (χ0) is 18.1. The molecule has 130 valence electrons. The van der Waals surface area contributed by atoms with Crippen LogP contribution in [0.5, 0.6) is 0 Å². The lowest BCUT2D eigenvalue weighted by atomic mass is 10.1. The summed E-state index contributed by atoms with van der Waals surface area (Å²) in [4.78, 5) is 17.3. The standard InChI is InChI=1S/C20H16ClN3OS/c1-13(14-6-8-15(9-7-14)24-11-10-22-12-24)23-20(25)19-18(21)16-4-2-3-5-17(16)26-19/h2-13H,1H3,(H,23,25)/t13-/m1/s1. The molecule has 2 aromatic carbocycles. The van der Waals surface area contributed by atoms with Gasteiger partial charge in [0.2, 0.25) is 0 Å². The van der Waals surface area contributed by atoms with E-state index < -0.39 is 0 Å². The Labute approximate surface area is 160 Å². The minimum Gasteiger partial charge on any atom is -0.345 e. The van der Waals surface area contributed by atoms with E-state index in [2.05, 4.69) is 10.3 Å². The summed E-state index contributed by atoms with van der Waals surface area (Å²) in [5.41, 5.74) is 2.05. The number of rotatable bonds is 4. The van der Waals surface area contributed by atoms with Gasteiger partial charge in [0.1, 0.15) is 4.88 Å². The van der Waals surface area contributed by atoms with Gasteiger partial charge >= 0.3 is 0 Å². The monoisotopic (exact) mass is 381 g/mol. The molecular weight excluding hydrogens is 366 g/mol. The maximum Gasteiger partial charge on any atom is 0.263 e. The molecule has 0 aliphatic heterocycles. The van der Waals surface area contributed by atoms with Gasteiger partial charge in [0, 0.05) is 28.2 Å². The van der Waals surface area contributed by atoms with Crippen LogP contribution in [0.1, 0.15) is 28.2 Å². The minimum absolute atomic E-state index is 0.124. The average Bonchev–Trinajstić information content (AvgIpc) is 3.31. The first-order chi connectivity index (χ1) is 12.6. The van der Waals surface area contributed by atoms with E-state index in [4.69, 9.17) is 11.6 Å². The Kier molecular flexibility index (Phi) is 4.49. The van der Waals surface area contributed by atoms with Crippen molar-refractivity contribution in [3.8, 4) is 5.69 Å². The highest BCUT2D eigenvalue weighted by atomic mass is 35.5. The van der Waals surface area contributed by atoms with Crippen LogP contribution in [0.15, 0.2) is 67.3 Å². The smallest absolute Gasteiger partial charge is 0.263 e. The molecule has 1 amide bonds. The number of nitrogens with zero attached hydrogens (tertiary/aromatic N) is 2. The second kappa shape index (κ2) is 6.94. The maximum atomic E-state index is 12.7. The molecule has 0 aliphatic rings. The van der Waals surface area contributed by atoms with Crippen LogP contribution in [0.25, 0.3) is 15.8 Å². The van der Waals surface area contributed by atoms with Crippen LogP contribution in [0.3, 0.4) is 0 Å². The number of benzene rings is 2. The second-order valence-electron chi connectivity index (χ2n) is 6.00. The molecule has 6 heteroatoms. The Balaban J connectivity index is 1.52. The molecule has 0 bridgehead atoms. The van der Waals surface area contributed by atoms with Gasteiger partial charge in [-0.05, 0) is 30.7 Å². The largest absolute Gasteiger partial charge is 0.345 e. The normalized spacial score (nSPS) is 12.2. The Hall–Kier alpha value is -2.63. The van der Waals surface area contributed by atoms with Gasteiger partial charge in [0.15, 0.2) is 0 Å². The van der Waals surface area contributed by atoms with Crippen molar-refractivity contribution >= 4 is 38.9 Å². The number of amides is 1. The molecule has 0 saturated carbocycles. The predicted octanol–water partition coefficient (Wildman–Crippen LogP) is 5.23. The number of hydrogen-bond donors (Lipinski definition) is 1. The van der Waals surface area contributed by atoms with Gasteiger partial charge in [-0.3, -0.25) is 4.79 Å². The van der Waals surface area contributed by atoms with Crippen molar-refractivity contribution in [2.24, 2.45) is 0 Å². The fourth-order valence-corrected chi connectivity index (χ4v) is 4.27. The summed E-state index contributed by atoms with van der Waals surface area (Å²) in [6, 6.07) is 15.7. The lowest BCUT2D eigenvalue weighted by molar-refractivity contribution is 0.0944. The van der Waals surface area contributed by atoms with Crippen LogP contribution < -0.4 is 5.32 Å². The first kappa shape index (κ1) is 16.8. The van der Waals surface area contributed by atoms with E-state index in [1.165, 1.54) is 11.3 Å². The molecule has 0 fully saturated rings. The molecule has 2 heterocycles. The van der Waals surface area contributed by atoms with Gasteiger partial charge in [0.05, 0.1) is 17.4 Å². The number of fused-ring (bicyclic) bond motifs is 1. The number of carbonyl (C=O) groups is 1. The molecule has 0 spiro atoms. The maximum absolute atomic E-state index is 12.7. The number of aromatic nitrogens is 2. The van der Waals surface area contributed by atoms with Crippen molar-refractivity contribution in [2.45, 2.75) is 13.0 Å². The Morgan fingerprint density at radius 1 is 1.19 bits per heavy atom. The van der Waals surface area contributed by atoms with Crippen LogP contribution in [-0.2, 0) is 0 Å². The van der Waals surface area contributed by atoms with E-state index in [1.54, 1.807) is 12.5 Å². The van der Waals surface area contributed by atoms with Crippen molar-refractivity contribution in [1.29, 1.82) is 0 Å². The predicted molar refractivity (Wildman–Crippen MR) is 106 cm³/mol. The third kappa shape index (κ3) is 3.11. The third-order valence-electron chi connectivity index (χ3n) is 4.28. The SMILES string of the molecule is C[C@@H](NC(=O)c1sc2ccccc2c1Cl)c1ccc(-n2ccnc2)cc1. The van der Waals surface area contributed by atoms with Gasteiger partial charge in [-0.2, -0.15) is 0 Å². The van der Waals surface area contributed by atoms with E-state index in [9.17, 15) is 4.79 Å². The summed E-state index contributed by atoms with van der Waals surface area (Å²) in [5, 5.41) is 4.47. The Bertz CT molecular complexity index is 1050. The molecule has 26 heavy (non-hydrogen) atoms. The van der Waals surface area contributed by atoms with Gasteiger partial charge in [-0.25, -0.2) is 4.98 Å². The molecule has 1 atom stereocenters. The van der Waals surface area contributed by atoms with Crippen molar-refractivity contribution in [1.82, 2.24) is 14.9 Å². The van der Waals surface area contributed by atoms with Crippen LogP contribution in [0.2, 0.25) is 5.02 Å². The summed E-state index contributed by atoms with van der Waals surface area (Å²) in [7, 11) is 0. The molecule has 0 aliphatic carbocycles. The van der Waals surface area contributed by atoms with Crippen LogP contribution in [-0.4, -0.2) is 15.5 Å². The second-order valence-corrected chi connectivity index (χ2v) is 7.43. The van der Waals surface area contributed by atoms with Crippen molar-refractivity contribution in [2.75, 3.05) is 0 Å². The summed E-state index contributed by atoms with van der Waals surface area (Å²) >= 11 is 7.82. The van der Waals surface area contributed by atoms with E-state index in [0.717, 1.165) is 21.3 Å². The lowest BCUT2D eigenvalue weighted by Gasteiger charge is -2.14. The van der Waals surface area contributed by atoms with E-state index in [-0.39, 0.29) is 11.9 Å². The zero-order valence-electron chi connectivity index (χ0n) is 14.0. The summed E-state index contributed by atoms with van der Waals surface area (Å²) in [6.45, 7) is 1.96. The highest BCUT2D eigenvalue weighted by Gasteiger charge is 2.19. The number of carbonyl (C=O) groups excluding carboxylic acids is 1. The van der Waals surface area contributed by atoms with Crippen LogP contribution in [0, 0.1) is 0 Å². The summed E-state index contributed by atoms with van der Waals surface area (Å²) in [5.74, 6) is -0.151. The molecular formula is C20H16ClN3OS. The molecule has 1 N–H and O–H groups in total. The molecule has 2 aromatic heterocycles. The van der Waals surface area contributed by atoms with Crippen molar-refractivity contribution < 1.29 is 4.79 Å². The van der Waals surface area contributed by atoms with Gasteiger partial charge in [0.25, 0.3) is 5.91 Å². The Morgan fingerprint density at radius 3 is 2.65 bits per heavy atom. The van der Waals surface area contributed by atoms with Gasteiger partial charge in [-0.1, -0.05) is 41.9 Å². The van der Waals surface area contributed by atoms with E-state index in [0.29, 0.717) is 9.90 Å². The third-order valence-corrected chi connectivity index (χ3v) is 5.96. The van der Waals surface area contributed by atoms with Crippen molar-refractivity contribution in [3.63, 3.8) is 0 Å². The molecule has 4 aromatic rings. The van der Waals surface area contributed by atoms with E-state index in [1.807, 2.05) is 66.2 Å². The molecule has 0 radical (unpaired) electrons. The van der Waals surface area contributed by atoms with Crippen LogP contribution in [0.4, 0.5) is 0 Å². The summed E-state index contributed by atoms with van der Waals surface area (Å²) < 4.78 is 2.95. The zero-order valence-corrected chi connectivity index (χ0v) is 15.6. The fourth-order valence-electron chi connectivity index (χ4n) is 2.85. The molecule has 0 unspecified atom stereocenters. The first-order valence-electron chi connectivity index (χ1n) is 8.19. The number of thiophene rings is 1. The number of nitrogens with one attached hydrogen (secondary N) is 1. The van der Waals surface area contributed by atoms with Crippen molar-refractivity contribution in [3.05, 3.63) is 82.7 Å². The molecule has 4 nitrogen and oxygen atoms in total. The average molecular weight is 382 g/mol. The van der Waals surface area contributed by atoms with Gasteiger partial charge in [-0.15, -0.1) is 11.3 Å². The molecule has 4 rings (SSSR count). The summed E-state index contributed by atoms with van der Waals surface area (Å²) in [6.07, 6.45) is 5.39. The molecule has 0 saturated heterocycles. The lowest BCUT2D eigenvalue weighted by Crippen LogP contribution is -2.26. The minimum atomic E-state index is -0.151.